The molecule has 176 valence electrons. The second-order valence-corrected chi connectivity index (χ2v) is 9.66. The SMILES string of the molecule is CC.Cc1cc([C@@H](C)NC2=CC=CCC2S(C)=O)c2cc(-n3ncc(C)n3)n(C)c(=O)c2c1. The van der Waals surface area contributed by atoms with Crippen molar-refractivity contribution in [3.8, 4) is 5.82 Å². The van der Waals surface area contributed by atoms with E-state index in [1.807, 2.05) is 58.1 Å². The van der Waals surface area contributed by atoms with Crippen LogP contribution in [0.1, 0.15) is 50.1 Å². The van der Waals surface area contributed by atoms with Gasteiger partial charge in [-0.05, 0) is 61.9 Å². The minimum Gasteiger partial charge on any atom is -0.381 e. The van der Waals surface area contributed by atoms with Crippen LogP contribution in [0.15, 0.2) is 53.1 Å². The maximum atomic E-state index is 13.2. The average molecular weight is 468 g/mol. The molecule has 0 saturated carbocycles. The second kappa shape index (κ2) is 10.3. The summed E-state index contributed by atoms with van der Waals surface area (Å²) in [6.45, 7) is 9.92. The van der Waals surface area contributed by atoms with E-state index in [1.54, 1.807) is 24.1 Å². The van der Waals surface area contributed by atoms with Crippen LogP contribution in [-0.2, 0) is 17.8 Å². The first kappa shape index (κ1) is 24.6. The van der Waals surface area contributed by atoms with Crippen LogP contribution in [0, 0.1) is 13.8 Å². The molecule has 0 amide bonds. The van der Waals surface area contributed by atoms with E-state index in [2.05, 4.69) is 28.5 Å². The molecule has 33 heavy (non-hydrogen) atoms. The van der Waals surface area contributed by atoms with E-state index in [9.17, 15) is 9.00 Å². The molecule has 0 spiro atoms. The Hall–Kier alpha value is -3.00. The molecule has 2 heterocycles. The number of hydrogen-bond acceptors (Lipinski definition) is 5. The summed E-state index contributed by atoms with van der Waals surface area (Å²) in [6, 6.07) is 5.90. The smallest absolute Gasteiger partial charge is 0.259 e. The summed E-state index contributed by atoms with van der Waals surface area (Å²) >= 11 is 0. The van der Waals surface area contributed by atoms with Crippen LogP contribution in [0.3, 0.4) is 0 Å². The van der Waals surface area contributed by atoms with Crippen molar-refractivity contribution in [3.63, 3.8) is 0 Å². The van der Waals surface area contributed by atoms with Crippen LogP contribution >= 0.6 is 0 Å². The zero-order chi connectivity index (χ0) is 24.3. The highest BCUT2D eigenvalue weighted by Crippen LogP contribution is 2.28. The van der Waals surface area contributed by atoms with Crippen molar-refractivity contribution in [1.82, 2.24) is 24.9 Å². The maximum Gasteiger partial charge on any atom is 0.259 e. The molecule has 3 aromatic rings. The summed E-state index contributed by atoms with van der Waals surface area (Å²) in [5.74, 6) is 0.607. The molecule has 0 bridgehead atoms. The molecular formula is C25H33N5O2S. The first-order valence-corrected chi connectivity index (χ1v) is 12.9. The van der Waals surface area contributed by atoms with Crippen molar-refractivity contribution in [2.24, 2.45) is 7.05 Å². The normalized spacial score (nSPS) is 17.2. The number of benzene rings is 1. The van der Waals surface area contributed by atoms with Crippen molar-refractivity contribution in [2.75, 3.05) is 6.26 Å². The van der Waals surface area contributed by atoms with Gasteiger partial charge < -0.3 is 5.32 Å². The van der Waals surface area contributed by atoms with E-state index in [0.717, 1.165) is 34.3 Å². The van der Waals surface area contributed by atoms with Crippen LogP contribution in [0.25, 0.3) is 16.6 Å². The molecule has 0 fully saturated rings. The molecular weight excluding hydrogens is 434 g/mol. The lowest BCUT2D eigenvalue weighted by Gasteiger charge is -2.26. The number of fused-ring (bicyclic) bond motifs is 1. The largest absolute Gasteiger partial charge is 0.381 e. The predicted molar refractivity (Wildman–Crippen MR) is 136 cm³/mol. The first-order valence-electron chi connectivity index (χ1n) is 11.3. The molecule has 2 unspecified atom stereocenters. The minimum atomic E-state index is -0.975. The van der Waals surface area contributed by atoms with Gasteiger partial charge in [0, 0.05) is 41.2 Å². The second-order valence-electron chi connectivity index (χ2n) is 8.10. The number of rotatable bonds is 5. The highest BCUT2D eigenvalue weighted by molar-refractivity contribution is 7.85. The molecule has 0 radical (unpaired) electrons. The molecule has 0 saturated heterocycles. The quantitative estimate of drug-likeness (QED) is 0.613. The summed E-state index contributed by atoms with van der Waals surface area (Å²) in [5.41, 5.74) is 3.67. The van der Waals surface area contributed by atoms with Gasteiger partial charge in [0.25, 0.3) is 5.56 Å². The van der Waals surface area contributed by atoms with E-state index in [0.29, 0.717) is 11.2 Å². The average Bonchev–Trinajstić information content (AvgIpc) is 3.23. The van der Waals surface area contributed by atoms with E-state index >= 15 is 0 Å². The maximum absolute atomic E-state index is 13.2. The molecule has 0 aliphatic heterocycles. The van der Waals surface area contributed by atoms with E-state index < -0.39 is 10.8 Å². The third-order valence-corrected chi connectivity index (χ3v) is 6.93. The Labute approximate surface area is 197 Å². The Morgan fingerprint density at radius 3 is 2.55 bits per heavy atom. The summed E-state index contributed by atoms with van der Waals surface area (Å²) in [7, 11) is 0.761. The number of nitrogens with one attached hydrogen (secondary N) is 1. The highest BCUT2D eigenvalue weighted by Gasteiger charge is 2.22. The molecule has 1 aromatic carbocycles. The van der Waals surface area contributed by atoms with Gasteiger partial charge in [0.2, 0.25) is 0 Å². The van der Waals surface area contributed by atoms with Crippen molar-refractivity contribution in [2.45, 2.75) is 52.3 Å². The van der Waals surface area contributed by atoms with Crippen LogP contribution < -0.4 is 10.9 Å². The fourth-order valence-electron chi connectivity index (χ4n) is 4.07. The first-order chi connectivity index (χ1) is 15.8. The number of allylic oxidation sites excluding steroid dienone is 3. The standard InChI is InChI=1S/C23H27N5O2S.C2H6/c1-14-10-17(16(3)25-20-8-6-7-9-21(20)31(5)30)18-12-22(28-24-13-15(2)26-28)27(4)23(29)19(18)11-14;1-2/h6-8,10-13,16,21,25H,9H2,1-5H3;1-2H3/t16-,21?,31?;/m1./s1. The summed E-state index contributed by atoms with van der Waals surface area (Å²) in [4.78, 5) is 14.7. The van der Waals surface area contributed by atoms with Gasteiger partial charge >= 0.3 is 0 Å². The zero-order valence-electron chi connectivity index (χ0n) is 20.4. The van der Waals surface area contributed by atoms with Crippen LogP contribution in [0.5, 0.6) is 0 Å². The van der Waals surface area contributed by atoms with Gasteiger partial charge in [-0.1, -0.05) is 32.1 Å². The Bertz CT molecular complexity index is 1300. The third kappa shape index (κ3) is 5.00. The van der Waals surface area contributed by atoms with Gasteiger partial charge in [0.05, 0.1) is 17.1 Å². The summed E-state index contributed by atoms with van der Waals surface area (Å²) < 4.78 is 13.8. The predicted octanol–water partition coefficient (Wildman–Crippen LogP) is 4.00. The molecule has 1 aliphatic carbocycles. The zero-order valence-corrected chi connectivity index (χ0v) is 21.2. The molecule has 8 heteroatoms. The fourth-order valence-corrected chi connectivity index (χ4v) is 4.95. The molecule has 3 atom stereocenters. The van der Waals surface area contributed by atoms with Crippen molar-refractivity contribution >= 4 is 21.6 Å². The number of aryl methyl sites for hydroxylation is 2. The number of pyridine rings is 1. The lowest BCUT2D eigenvalue weighted by Crippen LogP contribution is -2.30. The molecule has 2 aromatic heterocycles. The Morgan fingerprint density at radius 1 is 1.18 bits per heavy atom. The number of nitrogens with zero attached hydrogens (tertiary/aromatic N) is 4. The van der Waals surface area contributed by atoms with Gasteiger partial charge in [-0.2, -0.15) is 10.2 Å². The monoisotopic (exact) mass is 467 g/mol. The highest BCUT2D eigenvalue weighted by atomic mass is 32.2. The molecule has 1 N–H and O–H groups in total. The molecule has 1 aliphatic rings. The van der Waals surface area contributed by atoms with Gasteiger partial charge in [0.1, 0.15) is 0 Å². The van der Waals surface area contributed by atoms with Gasteiger partial charge in [0.15, 0.2) is 5.82 Å². The number of hydrogen-bond donors (Lipinski definition) is 1. The van der Waals surface area contributed by atoms with E-state index in [-0.39, 0.29) is 16.9 Å². The van der Waals surface area contributed by atoms with Gasteiger partial charge in [-0.3, -0.25) is 13.6 Å². The van der Waals surface area contributed by atoms with Crippen LogP contribution in [0.4, 0.5) is 0 Å². The lowest BCUT2D eigenvalue weighted by atomic mass is 9.97. The van der Waals surface area contributed by atoms with E-state index in [4.69, 9.17) is 0 Å². The van der Waals surface area contributed by atoms with E-state index in [1.165, 1.54) is 4.80 Å². The van der Waals surface area contributed by atoms with Crippen molar-refractivity contribution < 1.29 is 4.21 Å². The van der Waals surface area contributed by atoms with Gasteiger partial charge in [-0.25, -0.2) is 0 Å². The molecule has 4 rings (SSSR count). The Balaban J connectivity index is 0.00000149. The molecule has 7 nitrogen and oxygen atoms in total. The van der Waals surface area contributed by atoms with Crippen molar-refractivity contribution in [1.29, 1.82) is 0 Å². The topological polar surface area (TPSA) is 81.8 Å². The van der Waals surface area contributed by atoms with Crippen LogP contribution in [0.2, 0.25) is 0 Å². The third-order valence-electron chi connectivity index (χ3n) is 5.68. The summed E-state index contributed by atoms with van der Waals surface area (Å²) in [6.07, 6.45) is 10.2. The number of aromatic nitrogens is 4. The summed E-state index contributed by atoms with van der Waals surface area (Å²) in [5, 5.41) is 13.7. The van der Waals surface area contributed by atoms with Crippen molar-refractivity contribution in [3.05, 3.63) is 75.5 Å². The van der Waals surface area contributed by atoms with Gasteiger partial charge in [-0.15, -0.1) is 4.80 Å². The fraction of sp³-hybridized carbons (Fsp3) is 0.400. The van der Waals surface area contributed by atoms with Crippen LogP contribution in [-0.4, -0.2) is 35.3 Å². The lowest BCUT2D eigenvalue weighted by molar-refractivity contribution is 0.622. The Kier molecular flexibility index (Phi) is 7.68. The minimum absolute atomic E-state index is 0.0526. The Morgan fingerprint density at radius 2 is 1.91 bits per heavy atom.